The van der Waals surface area contributed by atoms with Crippen molar-refractivity contribution >= 4 is 23.6 Å². The summed E-state index contributed by atoms with van der Waals surface area (Å²) in [5.74, 6) is -1.28. The van der Waals surface area contributed by atoms with Crippen LogP contribution in [0.25, 0.3) is 0 Å². The first kappa shape index (κ1) is 21.0. The number of hydrogen-bond acceptors (Lipinski definition) is 6. The standard InChI is InChI=1S/C19H26N2O6/c1-18(2,9-10-20-14(22)5-6-15(20)23)27-13-19(3,4)26-12-11-21-16(24)7-8-17(21)25/h5-8H,9-13H2,1-4H3. The van der Waals surface area contributed by atoms with Crippen LogP contribution in [-0.2, 0) is 28.7 Å². The Morgan fingerprint density at radius 3 is 1.63 bits per heavy atom. The Morgan fingerprint density at radius 1 is 0.704 bits per heavy atom. The molecular weight excluding hydrogens is 352 g/mol. The smallest absolute Gasteiger partial charge is 0.253 e. The van der Waals surface area contributed by atoms with E-state index >= 15 is 0 Å². The maximum absolute atomic E-state index is 11.6. The van der Waals surface area contributed by atoms with E-state index in [9.17, 15) is 19.2 Å². The maximum Gasteiger partial charge on any atom is 0.253 e. The highest BCUT2D eigenvalue weighted by atomic mass is 16.6. The Labute approximate surface area is 158 Å². The van der Waals surface area contributed by atoms with Crippen LogP contribution >= 0.6 is 0 Å². The van der Waals surface area contributed by atoms with Crippen molar-refractivity contribution in [3.05, 3.63) is 24.3 Å². The molecule has 0 aromatic rings. The third-order valence-electron chi connectivity index (χ3n) is 4.36. The number of ether oxygens (including phenoxy) is 2. The van der Waals surface area contributed by atoms with Gasteiger partial charge in [0.2, 0.25) is 0 Å². The number of carbonyl (C=O) groups excluding carboxylic acids is 4. The van der Waals surface area contributed by atoms with Gasteiger partial charge in [-0.15, -0.1) is 0 Å². The predicted octanol–water partition coefficient (Wildman–Crippen LogP) is 0.817. The van der Waals surface area contributed by atoms with Crippen LogP contribution < -0.4 is 0 Å². The number of rotatable bonds is 10. The molecule has 0 fully saturated rings. The summed E-state index contributed by atoms with van der Waals surface area (Å²) in [5, 5.41) is 0. The van der Waals surface area contributed by atoms with Crippen molar-refractivity contribution in [1.29, 1.82) is 0 Å². The van der Waals surface area contributed by atoms with Gasteiger partial charge >= 0.3 is 0 Å². The second kappa shape index (κ2) is 8.14. The molecule has 0 unspecified atom stereocenters. The van der Waals surface area contributed by atoms with Gasteiger partial charge in [0.25, 0.3) is 23.6 Å². The van der Waals surface area contributed by atoms with Crippen LogP contribution in [0.3, 0.4) is 0 Å². The van der Waals surface area contributed by atoms with Gasteiger partial charge < -0.3 is 9.47 Å². The summed E-state index contributed by atoms with van der Waals surface area (Å²) in [7, 11) is 0. The highest BCUT2D eigenvalue weighted by Gasteiger charge is 2.30. The zero-order chi connectivity index (χ0) is 20.2. The second-order valence-corrected chi connectivity index (χ2v) is 7.73. The molecule has 0 atom stereocenters. The molecule has 8 nitrogen and oxygen atoms in total. The Morgan fingerprint density at radius 2 is 1.15 bits per heavy atom. The molecule has 0 radical (unpaired) electrons. The highest BCUT2D eigenvalue weighted by Crippen LogP contribution is 2.21. The highest BCUT2D eigenvalue weighted by molar-refractivity contribution is 6.13. The first-order chi connectivity index (χ1) is 12.5. The average Bonchev–Trinajstić information content (AvgIpc) is 3.07. The molecule has 0 bridgehead atoms. The van der Waals surface area contributed by atoms with Crippen molar-refractivity contribution in [2.24, 2.45) is 0 Å². The minimum absolute atomic E-state index is 0.184. The van der Waals surface area contributed by atoms with E-state index in [2.05, 4.69) is 0 Å². The van der Waals surface area contributed by atoms with Gasteiger partial charge in [0.05, 0.1) is 31.0 Å². The Balaban J connectivity index is 1.72. The number of imide groups is 2. The third-order valence-corrected chi connectivity index (χ3v) is 4.36. The first-order valence-corrected chi connectivity index (χ1v) is 8.86. The lowest BCUT2D eigenvalue weighted by Gasteiger charge is -2.33. The molecule has 0 spiro atoms. The van der Waals surface area contributed by atoms with Crippen LogP contribution in [0.2, 0.25) is 0 Å². The van der Waals surface area contributed by atoms with E-state index < -0.39 is 11.2 Å². The van der Waals surface area contributed by atoms with Gasteiger partial charge in [-0.05, 0) is 34.1 Å². The zero-order valence-corrected chi connectivity index (χ0v) is 16.2. The van der Waals surface area contributed by atoms with E-state index in [0.29, 0.717) is 6.42 Å². The fraction of sp³-hybridized carbons (Fsp3) is 0.579. The summed E-state index contributed by atoms with van der Waals surface area (Å²) in [4.78, 5) is 48.5. The van der Waals surface area contributed by atoms with E-state index in [-0.39, 0.29) is 49.9 Å². The molecule has 27 heavy (non-hydrogen) atoms. The summed E-state index contributed by atoms with van der Waals surface area (Å²) in [6.07, 6.45) is 5.50. The summed E-state index contributed by atoms with van der Waals surface area (Å²) >= 11 is 0. The minimum Gasteiger partial charge on any atom is -0.373 e. The summed E-state index contributed by atoms with van der Waals surface area (Å²) in [6.45, 7) is 8.43. The fourth-order valence-corrected chi connectivity index (χ4v) is 2.58. The van der Waals surface area contributed by atoms with E-state index in [1.165, 1.54) is 29.2 Å². The molecule has 4 amide bonds. The van der Waals surface area contributed by atoms with Crippen LogP contribution in [0, 0.1) is 0 Å². The molecule has 0 aliphatic carbocycles. The number of amides is 4. The van der Waals surface area contributed by atoms with Crippen molar-refractivity contribution in [3.8, 4) is 0 Å². The monoisotopic (exact) mass is 378 g/mol. The van der Waals surface area contributed by atoms with Crippen molar-refractivity contribution in [3.63, 3.8) is 0 Å². The van der Waals surface area contributed by atoms with Crippen molar-refractivity contribution in [1.82, 2.24) is 9.80 Å². The maximum atomic E-state index is 11.6. The zero-order valence-electron chi connectivity index (χ0n) is 16.2. The summed E-state index contributed by atoms with van der Waals surface area (Å²) in [6, 6.07) is 0. The minimum atomic E-state index is -0.628. The second-order valence-electron chi connectivity index (χ2n) is 7.73. The van der Waals surface area contributed by atoms with E-state index in [0.717, 1.165) is 4.90 Å². The fourth-order valence-electron chi connectivity index (χ4n) is 2.58. The lowest BCUT2D eigenvalue weighted by molar-refractivity contribution is -0.143. The molecule has 0 N–H and O–H groups in total. The van der Waals surface area contributed by atoms with Gasteiger partial charge in [0, 0.05) is 30.8 Å². The van der Waals surface area contributed by atoms with E-state index in [1.54, 1.807) is 0 Å². The molecule has 2 aliphatic heterocycles. The lowest BCUT2D eigenvalue weighted by atomic mass is 10.0. The average molecular weight is 378 g/mol. The SMILES string of the molecule is CC(C)(CCN1C(=O)C=CC1=O)OCC(C)(C)OCCN1C(=O)C=CC1=O. The van der Waals surface area contributed by atoms with Crippen LogP contribution in [0.1, 0.15) is 34.1 Å². The molecule has 8 heteroatoms. The van der Waals surface area contributed by atoms with Gasteiger partial charge in [-0.1, -0.05) is 0 Å². The quantitative estimate of drug-likeness (QED) is 0.523. The largest absolute Gasteiger partial charge is 0.373 e. The third kappa shape index (κ3) is 5.83. The Kier molecular flexibility index (Phi) is 6.33. The molecule has 148 valence electrons. The van der Waals surface area contributed by atoms with Crippen LogP contribution in [-0.4, -0.2) is 70.9 Å². The molecule has 0 aromatic heterocycles. The van der Waals surface area contributed by atoms with Crippen LogP contribution in [0.15, 0.2) is 24.3 Å². The molecular formula is C19H26N2O6. The van der Waals surface area contributed by atoms with Crippen molar-refractivity contribution < 1.29 is 28.7 Å². The molecule has 2 aliphatic rings. The van der Waals surface area contributed by atoms with Gasteiger partial charge in [-0.3, -0.25) is 29.0 Å². The van der Waals surface area contributed by atoms with Gasteiger partial charge in [0.1, 0.15) is 0 Å². The van der Waals surface area contributed by atoms with Gasteiger partial charge in [-0.2, -0.15) is 0 Å². The molecule has 2 heterocycles. The number of hydrogen-bond donors (Lipinski definition) is 0. The topological polar surface area (TPSA) is 93.2 Å². The van der Waals surface area contributed by atoms with Crippen LogP contribution in [0.5, 0.6) is 0 Å². The van der Waals surface area contributed by atoms with Gasteiger partial charge in [0.15, 0.2) is 0 Å². The van der Waals surface area contributed by atoms with E-state index in [1.807, 2.05) is 27.7 Å². The lowest BCUT2D eigenvalue weighted by Crippen LogP contribution is -2.41. The predicted molar refractivity (Wildman–Crippen MR) is 96.4 cm³/mol. The van der Waals surface area contributed by atoms with Gasteiger partial charge in [-0.25, -0.2) is 0 Å². The number of nitrogens with zero attached hydrogens (tertiary/aromatic N) is 2. The Hall–Kier alpha value is -2.32. The summed E-state index contributed by atoms with van der Waals surface area (Å²) < 4.78 is 11.7. The van der Waals surface area contributed by atoms with Crippen molar-refractivity contribution in [2.75, 3.05) is 26.3 Å². The molecule has 2 rings (SSSR count). The van der Waals surface area contributed by atoms with Crippen LogP contribution in [0.4, 0.5) is 0 Å². The summed E-state index contributed by atoms with van der Waals surface area (Å²) in [5.41, 5.74) is -1.19. The number of carbonyl (C=O) groups is 4. The molecule has 0 saturated heterocycles. The Bertz CT molecular complexity index is 656. The molecule has 0 aromatic carbocycles. The normalized spacial score (nSPS) is 17.8. The molecule has 0 saturated carbocycles. The van der Waals surface area contributed by atoms with Crippen molar-refractivity contribution in [2.45, 2.75) is 45.3 Å². The van der Waals surface area contributed by atoms with E-state index in [4.69, 9.17) is 9.47 Å². The first-order valence-electron chi connectivity index (χ1n) is 8.86.